The van der Waals surface area contributed by atoms with Gasteiger partial charge >= 0.3 is 5.97 Å². The highest BCUT2D eigenvalue weighted by Crippen LogP contribution is 2.30. The standard InChI is InChI=1S/C12H15NO2S/c1-2-13-9-3-5-10(6-4-9)16-11-7-8-15-12(11)14/h3-6,11,13H,2,7-8H2,1H3. The summed E-state index contributed by atoms with van der Waals surface area (Å²) in [5.41, 5.74) is 1.11. The number of ether oxygens (including phenoxy) is 1. The monoisotopic (exact) mass is 237 g/mol. The Bertz CT molecular complexity index is 364. The van der Waals surface area contributed by atoms with Gasteiger partial charge in [-0.1, -0.05) is 0 Å². The topological polar surface area (TPSA) is 38.3 Å². The number of hydrogen-bond acceptors (Lipinski definition) is 4. The SMILES string of the molecule is CCNc1ccc(SC2CCOC2=O)cc1. The van der Waals surface area contributed by atoms with Crippen molar-refractivity contribution in [2.75, 3.05) is 18.5 Å². The molecule has 4 heteroatoms. The lowest BCUT2D eigenvalue weighted by Crippen LogP contribution is -2.09. The number of benzene rings is 1. The summed E-state index contributed by atoms with van der Waals surface area (Å²) >= 11 is 1.58. The Balaban J connectivity index is 1.96. The number of esters is 1. The van der Waals surface area contributed by atoms with Crippen LogP contribution in [0, 0.1) is 0 Å². The van der Waals surface area contributed by atoms with Gasteiger partial charge in [-0.3, -0.25) is 4.79 Å². The van der Waals surface area contributed by atoms with Crippen molar-refractivity contribution in [2.45, 2.75) is 23.5 Å². The Morgan fingerprint density at radius 1 is 1.44 bits per heavy atom. The van der Waals surface area contributed by atoms with E-state index in [1.54, 1.807) is 11.8 Å². The highest BCUT2D eigenvalue weighted by Gasteiger charge is 2.27. The van der Waals surface area contributed by atoms with E-state index in [0.29, 0.717) is 6.61 Å². The molecule has 2 rings (SSSR count). The van der Waals surface area contributed by atoms with Gasteiger partial charge in [0.05, 0.1) is 6.61 Å². The fourth-order valence-corrected chi connectivity index (χ4v) is 2.60. The normalized spacial score (nSPS) is 19.6. The molecule has 0 spiro atoms. The molecule has 1 aliphatic rings. The minimum absolute atomic E-state index is 0.0232. The number of rotatable bonds is 4. The van der Waals surface area contributed by atoms with Crippen LogP contribution in [0.15, 0.2) is 29.2 Å². The van der Waals surface area contributed by atoms with Crippen LogP contribution >= 0.6 is 11.8 Å². The first-order chi connectivity index (χ1) is 7.79. The van der Waals surface area contributed by atoms with Crippen molar-refractivity contribution in [3.8, 4) is 0 Å². The van der Waals surface area contributed by atoms with Gasteiger partial charge in [0.15, 0.2) is 0 Å². The Morgan fingerprint density at radius 2 is 2.19 bits per heavy atom. The fourth-order valence-electron chi connectivity index (χ4n) is 1.60. The van der Waals surface area contributed by atoms with Gasteiger partial charge in [0.1, 0.15) is 5.25 Å². The van der Waals surface area contributed by atoms with Crippen LogP contribution in [0.4, 0.5) is 5.69 Å². The van der Waals surface area contributed by atoms with Crippen LogP contribution in [-0.2, 0) is 9.53 Å². The lowest BCUT2D eigenvalue weighted by atomic mass is 10.3. The van der Waals surface area contributed by atoms with E-state index in [2.05, 4.69) is 12.2 Å². The summed E-state index contributed by atoms with van der Waals surface area (Å²) in [6, 6.07) is 8.14. The summed E-state index contributed by atoms with van der Waals surface area (Å²) in [6.07, 6.45) is 0.818. The third-order valence-electron chi connectivity index (χ3n) is 2.40. The average molecular weight is 237 g/mol. The second-order valence-corrected chi connectivity index (χ2v) is 4.89. The van der Waals surface area contributed by atoms with Crippen molar-refractivity contribution < 1.29 is 9.53 Å². The van der Waals surface area contributed by atoms with Crippen LogP contribution < -0.4 is 5.32 Å². The molecule has 1 aromatic rings. The van der Waals surface area contributed by atoms with Crippen molar-refractivity contribution in [2.24, 2.45) is 0 Å². The lowest BCUT2D eigenvalue weighted by molar-refractivity contribution is -0.137. The highest BCUT2D eigenvalue weighted by atomic mass is 32.2. The van der Waals surface area contributed by atoms with E-state index in [0.717, 1.165) is 23.5 Å². The van der Waals surface area contributed by atoms with Crippen LogP contribution in [0.5, 0.6) is 0 Å². The van der Waals surface area contributed by atoms with Crippen molar-refractivity contribution in [1.29, 1.82) is 0 Å². The van der Waals surface area contributed by atoms with Gasteiger partial charge in [-0.2, -0.15) is 0 Å². The Kier molecular flexibility index (Phi) is 3.72. The van der Waals surface area contributed by atoms with Gasteiger partial charge in [0.25, 0.3) is 0 Å². The van der Waals surface area contributed by atoms with Crippen LogP contribution in [0.3, 0.4) is 0 Å². The first kappa shape index (κ1) is 11.3. The lowest BCUT2D eigenvalue weighted by Gasteiger charge is -2.07. The van der Waals surface area contributed by atoms with E-state index in [-0.39, 0.29) is 11.2 Å². The van der Waals surface area contributed by atoms with Gasteiger partial charge in [-0.15, -0.1) is 11.8 Å². The third kappa shape index (κ3) is 2.70. The minimum atomic E-state index is -0.0826. The molecule has 16 heavy (non-hydrogen) atoms. The Morgan fingerprint density at radius 3 is 2.75 bits per heavy atom. The predicted molar refractivity (Wildman–Crippen MR) is 65.8 cm³/mol. The number of carbonyl (C=O) groups excluding carboxylic acids is 1. The highest BCUT2D eigenvalue weighted by molar-refractivity contribution is 8.00. The maximum atomic E-state index is 11.3. The summed E-state index contributed by atoms with van der Waals surface area (Å²) < 4.78 is 4.93. The summed E-state index contributed by atoms with van der Waals surface area (Å²) in [5.74, 6) is -0.0826. The van der Waals surface area contributed by atoms with Gasteiger partial charge < -0.3 is 10.1 Å². The van der Waals surface area contributed by atoms with E-state index >= 15 is 0 Å². The molecule has 0 radical (unpaired) electrons. The number of carbonyl (C=O) groups is 1. The van der Waals surface area contributed by atoms with E-state index < -0.39 is 0 Å². The van der Waals surface area contributed by atoms with Gasteiger partial charge in [-0.05, 0) is 31.2 Å². The Hall–Kier alpha value is -1.16. The molecule has 1 fully saturated rings. The molecular weight excluding hydrogens is 222 g/mol. The summed E-state index contributed by atoms with van der Waals surface area (Å²) in [4.78, 5) is 12.4. The molecule has 0 bridgehead atoms. The van der Waals surface area contributed by atoms with Crippen LogP contribution in [0.25, 0.3) is 0 Å². The molecule has 1 heterocycles. The summed E-state index contributed by atoms with van der Waals surface area (Å²) in [6.45, 7) is 3.55. The van der Waals surface area contributed by atoms with Crippen molar-refractivity contribution >= 4 is 23.4 Å². The molecule has 1 unspecified atom stereocenters. The fraction of sp³-hybridized carbons (Fsp3) is 0.417. The molecule has 0 aromatic heterocycles. The van der Waals surface area contributed by atoms with Gasteiger partial charge in [-0.25, -0.2) is 0 Å². The predicted octanol–water partition coefficient (Wildman–Crippen LogP) is 2.53. The molecule has 3 nitrogen and oxygen atoms in total. The zero-order valence-corrected chi connectivity index (χ0v) is 10.0. The molecule has 0 amide bonds. The molecule has 86 valence electrons. The van der Waals surface area contributed by atoms with Gasteiger partial charge in [0, 0.05) is 23.5 Å². The number of nitrogens with one attached hydrogen (secondary N) is 1. The van der Waals surface area contributed by atoms with Gasteiger partial charge in [0.2, 0.25) is 0 Å². The second kappa shape index (κ2) is 5.25. The molecule has 0 aliphatic carbocycles. The van der Waals surface area contributed by atoms with Crippen molar-refractivity contribution in [3.63, 3.8) is 0 Å². The van der Waals surface area contributed by atoms with Crippen LogP contribution in [-0.4, -0.2) is 24.4 Å². The maximum Gasteiger partial charge on any atom is 0.319 e. The van der Waals surface area contributed by atoms with Crippen molar-refractivity contribution in [3.05, 3.63) is 24.3 Å². The molecule has 1 saturated heterocycles. The number of cyclic esters (lactones) is 1. The van der Waals surface area contributed by atoms with E-state index in [1.165, 1.54) is 0 Å². The number of anilines is 1. The smallest absolute Gasteiger partial charge is 0.319 e. The van der Waals surface area contributed by atoms with E-state index in [9.17, 15) is 4.79 Å². The first-order valence-electron chi connectivity index (χ1n) is 5.47. The van der Waals surface area contributed by atoms with Crippen LogP contribution in [0.2, 0.25) is 0 Å². The maximum absolute atomic E-state index is 11.3. The Labute approximate surface area is 99.6 Å². The summed E-state index contributed by atoms with van der Waals surface area (Å²) in [5, 5.41) is 3.21. The molecule has 0 saturated carbocycles. The second-order valence-electron chi connectivity index (χ2n) is 3.62. The minimum Gasteiger partial charge on any atom is -0.465 e. The van der Waals surface area contributed by atoms with Crippen LogP contribution in [0.1, 0.15) is 13.3 Å². The number of thioether (sulfide) groups is 1. The first-order valence-corrected chi connectivity index (χ1v) is 6.35. The molecule has 1 aliphatic heterocycles. The van der Waals surface area contributed by atoms with E-state index in [4.69, 9.17) is 4.74 Å². The molecule has 1 N–H and O–H groups in total. The molecular formula is C12H15NO2S. The molecule has 1 aromatic carbocycles. The zero-order chi connectivity index (χ0) is 11.4. The quantitative estimate of drug-likeness (QED) is 0.817. The van der Waals surface area contributed by atoms with Crippen molar-refractivity contribution in [1.82, 2.24) is 0 Å². The number of hydrogen-bond donors (Lipinski definition) is 1. The average Bonchev–Trinajstić information content (AvgIpc) is 2.68. The summed E-state index contributed by atoms with van der Waals surface area (Å²) in [7, 11) is 0. The zero-order valence-electron chi connectivity index (χ0n) is 9.23. The van der Waals surface area contributed by atoms with E-state index in [1.807, 2.05) is 24.3 Å². The largest absolute Gasteiger partial charge is 0.465 e. The third-order valence-corrected chi connectivity index (χ3v) is 3.66. The molecule has 1 atom stereocenters.